The fraction of sp³-hybridized carbons (Fsp3) is 0.882. The van der Waals surface area contributed by atoms with Gasteiger partial charge in [-0.25, -0.2) is 0 Å². The molecule has 1 aliphatic heterocycles. The molecule has 21 heavy (non-hydrogen) atoms. The number of nitrogens with one attached hydrogen (secondary N) is 1. The van der Waals surface area contributed by atoms with E-state index in [2.05, 4.69) is 26.1 Å². The van der Waals surface area contributed by atoms with E-state index in [-0.39, 0.29) is 34.7 Å². The van der Waals surface area contributed by atoms with Crippen molar-refractivity contribution in [3.05, 3.63) is 0 Å². The largest absolute Gasteiger partial charge is 0.342 e. The van der Waals surface area contributed by atoms with Crippen LogP contribution in [-0.2, 0) is 9.59 Å². The van der Waals surface area contributed by atoms with Crippen molar-refractivity contribution in [2.45, 2.75) is 85.9 Å². The standard InChI is InChI=1S/C17H32N2O2/c1-9-17(8,10-2)19-12(11(3)4)14(20)18-13(15(19)21)16(5,6)7/h11-13H,9-10H2,1-8H3,(H,18,20). The van der Waals surface area contributed by atoms with E-state index in [0.29, 0.717) is 0 Å². The number of hydrogen-bond acceptors (Lipinski definition) is 2. The summed E-state index contributed by atoms with van der Waals surface area (Å²) < 4.78 is 0. The van der Waals surface area contributed by atoms with Gasteiger partial charge in [-0.05, 0) is 31.1 Å². The van der Waals surface area contributed by atoms with Crippen molar-refractivity contribution in [2.24, 2.45) is 11.3 Å². The van der Waals surface area contributed by atoms with E-state index in [1.807, 2.05) is 39.5 Å². The highest BCUT2D eigenvalue weighted by atomic mass is 16.2. The molecular weight excluding hydrogens is 264 g/mol. The van der Waals surface area contributed by atoms with Gasteiger partial charge in [0.05, 0.1) is 0 Å². The second kappa shape index (κ2) is 5.98. The molecule has 2 atom stereocenters. The molecule has 1 aliphatic rings. The van der Waals surface area contributed by atoms with Crippen LogP contribution in [0, 0.1) is 11.3 Å². The van der Waals surface area contributed by atoms with Gasteiger partial charge in [0.1, 0.15) is 12.1 Å². The first-order valence-electron chi connectivity index (χ1n) is 8.13. The average Bonchev–Trinajstić information content (AvgIpc) is 2.37. The molecule has 1 fully saturated rings. The van der Waals surface area contributed by atoms with Crippen molar-refractivity contribution >= 4 is 11.8 Å². The monoisotopic (exact) mass is 296 g/mol. The highest BCUT2D eigenvalue weighted by Gasteiger charge is 2.51. The number of rotatable bonds is 4. The lowest BCUT2D eigenvalue weighted by Gasteiger charge is -2.52. The molecule has 1 saturated heterocycles. The number of piperazine rings is 1. The first-order valence-corrected chi connectivity index (χ1v) is 8.13. The molecule has 4 nitrogen and oxygen atoms in total. The summed E-state index contributed by atoms with van der Waals surface area (Å²) in [7, 11) is 0. The second-order valence-electron chi connectivity index (χ2n) is 7.91. The molecule has 1 heterocycles. The van der Waals surface area contributed by atoms with Gasteiger partial charge in [0.2, 0.25) is 11.8 Å². The van der Waals surface area contributed by atoms with Crippen LogP contribution in [0.25, 0.3) is 0 Å². The molecule has 0 bridgehead atoms. The zero-order valence-electron chi connectivity index (χ0n) is 14.9. The van der Waals surface area contributed by atoms with Gasteiger partial charge in [-0.3, -0.25) is 9.59 Å². The van der Waals surface area contributed by atoms with Gasteiger partial charge in [0, 0.05) is 5.54 Å². The van der Waals surface area contributed by atoms with Crippen molar-refractivity contribution in [1.82, 2.24) is 10.2 Å². The summed E-state index contributed by atoms with van der Waals surface area (Å²) in [6.07, 6.45) is 1.70. The van der Waals surface area contributed by atoms with Crippen LogP contribution >= 0.6 is 0 Å². The summed E-state index contributed by atoms with van der Waals surface area (Å²) >= 11 is 0. The van der Waals surface area contributed by atoms with E-state index in [9.17, 15) is 9.59 Å². The average molecular weight is 296 g/mol. The number of amides is 2. The number of carbonyl (C=O) groups is 2. The van der Waals surface area contributed by atoms with E-state index >= 15 is 0 Å². The van der Waals surface area contributed by atoms with Crippen LogP contribution in [0.4, 0.5) is 0 Å². The van der Waals surface area contributed by atoms with Gasteiger partial charge in [0.25, 0.3) is 0 Å². The van der Waals surface area contributed by atoms with Crippen molar-refractivity contribution in [3.8, 4) is 0 Å². The number of carbonyl (C=O) groups excluding carboxylic acids is 2. The maximum absolute atomic E-state index is 13.1. The quantitative estimate of drug-likeness (QED) is 0.867. The summed E-state index contributed by atoms with van der Waals surface area (Å²) in [5, 5.41) is 2.96. The van der Waals surface area contributed by atoms with E-state index in [0.717, 1.165) is 12.8 Å². The molecule has 2 amide bonds. The number of hydrogen-bond donors (Lipinski definition) is 1. The summed E-state index contributed by atoms with van der Waals surface area (Å²) in [6, 6.07) is -0.821. The summed E-state index contributed by atoms with van der Waals surface area (Å²) in [5.74, 6) is 0.150. The molecule has 0 saturated carbocycles. The Morgan fingerprint density at radius 3 is 1.90 bits per heavy atom. The third-order valence-corrected chi connectivity index (χ3v) is 4.92. The first kappa shape index (κ1) is 18.0. The van der Waals surface area contributed by atoms with Crippen molar-refractivity contribution in [3.63, 3.8) is 0 Å². The van der Waals surface area contributed by atoms with E-state index in [1.54, 1.807) is 0 Å². The van der Waals surface area contributed by atoms with E-state index < -0.39 is 6.04 Å². The fourth-order valence-corrected chi connectivity index (χ4v) is 3.06. The lowest BCUT2D eigenvalue weighted by molar-refractivity contribution is -0.162. The van der Waals surface area contributed by atoms with Crippen molar-refractivity contribution in [2.75, 3.05) is 0 Å². The Hall–Kier alpha value is -1.06. The molecule has 0 aromatic rings. The van der Waals surface area contributed by atoms with Crippen LogP contribution in [0.15, 0.2) is 0 Å². The third kappa shape index (κ3) is 3.24. The predicted molar refractivity (Wildman–Crippen MR) is 85.8 cm³/mol. The normalized spacial score (nSPS) is 24.5. The molecule has 0 aliphatic carbocycles. The minimum atomic E-state index is -0.447. The zero-order chi connectivity index (χ0) is 16.6. The Bertz CT molecular complexity index is 406. The van der Waals surface area contributed by atoms with Crippen LogP contribution in [0.1, 0.15) is 68.2 Å². The van der Waals surface area contributed by atoms with Crippen LogP contribution < -0.4 is 5.32 Å². The van der Waals surface area contributed by atoms with Crippen LogP contribution in [0.2, 0.25) is 0 Å². The zero-order valence-corrected chi connectivity index (χ0v) is 14.9. The van der Waals surface area contributed by atoms with Crippen LogP contribution in [0.3, 0.4) is 0 Å². The molecule has 0 aromatic carbocycles. The molecule has 4 heteroatoms. The van der Waals surface area contributed by atoms with Gasteiger partial charge < -0.3 is 10.2 Å². The highest BCUT2D eigenvalue weighted by Crippen LogP contribution is 2.35. The van der Waals surface area contributed by atoms with E-state index in [4.69, 9.17) is 0 Å². The Kier molecular flexibility index (Phi) is 5.12. The summed E-state index contributed by atoms with van der Waals surface area (Å²) in [5.41, 5.74) is -0.553. The van der Waals surface area contributed by atoms with Gasteiger partial charge in [-0.1, -0.05) is 48.5 Å². The lowest BCUT2D eigenvalue weighted by atomic mass is 9.79. The van der Waals surface area contributed by atoms with Crippen molar-refractivity contribution < 1.29 is 9.59 Å². The van der Waals surface area contributed by atoms with Gasteiger partial charge >= 0.3 is 0 Å². The summed E-state index contributed by atoms with van der Waals surface area (Å²) in [6.45, 7) is 16.3. The third-order valence-electron chi connectivity index (χ3n) is 4.92. The fourth-order valence-electron chi connectivity index (χ4n) is 3.06. The minimum Gasteiger partial charge on any atom is -0.342 e. The smallest absolute Gasteiger partial charge is 0.246 e. The lowest BCUT2D eigenvalue weighted by Crippen LogP contribution is -2.72. The number of nitrogens with zero attached hydrogens (tertiary/aromatic N) is 1. The van der Waals surface area contributed by atoms with Gasteiger partial charge in [-0.15, -0.1) is 0 Å². The molecular formula is C17H32N2O2. The molecule has 1 N–H and O–H groups in total. The molecule has 1 rings (SSSR count). The SMILES string of the molecule is CCC(C)(CC)N1C(=O)C(C(C)(C)C)NC(=O)C1C(C)C. The summed E-state index contributed by atoms with van der Waals surface area (Å²) in [4.78, 5) is 27.6. The Balaban J connectivity index is 3.35. The Morgan fingerprint density at radius 1 is 1.10 bits per heavy atom. The highest BCUT2D eigenvalue weighted by molar-refractivity contribution is 5.98. The predicted octanol–water partition coefficient (Wildman–Crippen LogP) is 2.96. The maximum atomic E-state index is 13.1. The maximum Gasteiger partial charge on any atom is 0.246 e. The Labute approximate surface area is 129 Å². The van der Waals surface area contributed by atoms with Gasteiger partial charge in [0.15, 0.2) is 0 Å². The molecule has 2 unspecified atom stereocenters. The topological polar surface area (TPSA) is 49.4 Å². The first-order chi connectivity index (χ1) is 9.49. The molecule has 0 radical (unpaired) electrons. The Morgan fingerprint density at radius 2 is 1.57 bits per heavy atom. The molecule has 122 valence electrons. The molecule has 0 aromatic heterocycles. The van der Waals surface area contributed by atoms with Gasteiger partial charge in [-0.2, -0.15) is 0 Å². The van der Waals surface area contributed by atoms with Crippen molar-refractivity contribution in [1.29, 1.82) is 0 Å². The van der Waals surface area contributed by atoms with Crippen LogP contribution in [-0.4, -0.2) is 34.3 Å². The van der Waals surface area contributed by atoms with Crippen LogP contribution in [0.5, 0.6) is 0 Å². The second-order valence-corrected chi connectivity index (χ2v) is 7.91. The minimum absolute atomic E-state index is 0.0161. The molecule has 0 spiro atoms. The van der Waals surface area contributed by atoms with E-state index in [1.165, 1.54) is 0 Å².